The highest BCUT2D eigenvalue weighted by Crippen LogP contribution is 2.11. The lowest BCUT2D eigenvalue weighted by molar-refractivity contribution is -0.431. The van der Waals surface area contributed by atoms with Crippen molar-refractivity contribution in [3.05, 3.63) is 11.5 Å². The Morgan fingerprint density at radius 1 is 1.00 bits per heavy atom. The van der Waals surface area contributed by atoms with E-state index in [0.717, 1.165) is 18.5 Å². The Hall–Kier alpha value is -0.0300. The normalized spacial score (nSPS) is 11.4. The topological polar surface area (TPSA) is 38.7 Å². The molecule has 0 rings (SSSR count). The summed E-state index contributed by atoms with van der Waals surface area (Å²) in [4.78, 5) is 0. The van der Waals surface area contributed by atoms with Crippen molar-refractivity contribution in [3.63, 3.8) is 0 Å². The summed E-state index contributed by atoms with van der Waals surface area (Å²) in [6.07, 6.45) is 13.8. The van der Waals surface area contributed by atoms with Gasteiger partial charge in [0.1, 0.15) is 0 Å². The van der Waals surface area contributed by atoms with Crippen LogP contribution in [0.1, 0.15) is 64.7 Å². The van der Waals surface area contributed by atoms with Gasteiger partial charge in [-0.1, -0.05) is 63.0 Å². The van der Waals surface area contributed by atoms with Gasteiger partial charge in [-0.25, -0.2) is 5.26 Å². The van der Waals surface area contributed by atoms with Gasteiger partial charge in [0.2, 0.25) is 0 Å². The first-order chi connectivity index (χ1) is 7.91. The Balaban J connectivity index is 2.95. The third-order valence-corrected chi connectivity index (χ3v) is 2.89. The first-order valence-electron chi connectivity index (χ1n) is 6.20. The Kier molecular flexibility index (Phi) is 14.9. The van der Waals surface area contributed by atoms with E-state index in [1.165, 1.54) is 51.4 Å². The Bertz CT molecular complexity index is 151. The first-order valence-corrected chi connectivity index (χ1v) is 7.01. The zero-order valence-corrected chi connectivity index (χ0v) is 11.0. The van der Waals surface area contributed by atoms with E-state index < -0.39 is 0 Å². The number of hydrogen-bond acceptors (Lipinski definition) is 4. The number of hydrogen-bond donors (Lipinski definition) is 1. The predicted octanol–water partition coefficient (Wildman–Crippen LogP) is 5.10. The molecule has 4 heteroatoms. The fourth-order valence-electron chi connectivity index (χ4n) is 1.54. The minimum absolute atomic E-state index is 0.978. The van der Waals surface area contributed by atoms with Gasteiger partial charge in [0, 0.05) is 0 Å². The van der Waals surface area contributed by atoms with Crippen molar-refractivity contribution in [2.75, 3.05) is 0 Å². The molecule has 0 aromatic heterocycles. The van der Waals surface area contributed by atoms with Gasteiger partial charge in [-0.05, 0) is 18.2 Å². The Morgan fingerprint density at radius 2 is 1.62 bits per heavy atom. The van der Waals surface area contributed by atoms with Crippen LogP contribution in [-0.4, -0.2) is 5.26 Å². The summed E-state index contributed by atoms with van der Waals surface area (Å²) in [5, 5.41) is 13.1. The summed E-state index contributed by atoms with van der Waals surface area (Å²) in [7, 11) is 0. The molecule has 0 bridgehead atoms. The van der Waals surface area contributed by atoms with Crippen LogP contribution < -0.4 is 0 Å². The van der Waals surface area contributed by atoms with Crippen molar-refractivity contribution in [3.8, 4) is 0 Å². The Labute approximate surface area is 103 Å². The maximum atomic E-state index is 7.85. The molecule has 0 aliphatic carbocycles. The molecule has 3 nitrogen and oxygen atoms in total. The number of rotatable bonds is 12. The third kappa shape index (κ3) is 14.0. The van der Waals surface area contributed by atoms with Crippen LogP contribution in [0.4, 0.5) is 0 Å². The highest BCUT2D eigenvalue weighted by molar-refractivity contribution is 7.97. The van der Waals surface area contributed by atoms with Crippen LogP contribution in [0.15, 0.2) is 11.5 Å². The van der Waals surface area contributed by atoms with E-state index >= 15 is 0 Å². The third-order valence-electron chi connectivity index (χ3n) is 2.45. The van der Waals surface area contributed by atoms with Crippen molar-refractivity contribution in [1.29, 1.82) is 0 Å². The van der Waals surface area contributed by atoms with Gasteiger partial charge in [-0.2, -0.15) is 0 Å². The highest BCUT2D eigenvalue weighted by atomic mass is 32.2. The lowest BCUT2D eigenvalue weighted by Crippen LogP contribution is -1.79. The number of allylic oxidation sites excluding steroid dienone is 1. The Morgan fingerprint density at radius 3 is 2.25 bits per heavy atom. The SMILES string of the molecule is CCCCCCCCCC/C=C/SOOO. The molecule has 96 valence electrons. The van der Waals surface area contributed by atoms with Crippen molar-refractivity contribution in [2.24, 2.45) is 0 Å². The van der Waals surface area contributed by atoms with Gasteiger partial charge >= 0.3 is 0 Å². The molecule has 0 atom stereocenters. The summed E-state index contributed by atoms with van der Waals surface area (Å²) in [5.74, 6) is 0. The molecule has 0 saturated carbocycles. The molecular formula is C12H24O3S. The van der Waals surface area contributed by atoms with Crippen LogP contribution in [0.3, 0.4) is 0 Å². The first kappa shape index (κ1) is 16.0. The quantitative estimate of drug-likeness (QED) is 0.226. The largest absolute Gasteiger partial charge is 0.220 e. The summed E-state index contributed by atoms with van der Waals surface area (Å²) in [6, 6.07) is 0. The molecule has 0 unspecified atom stereocenters. The molecule has 0 aromatic rings. The van der Waals surface area contributed by atoms with E-state index in [-0.39, 0.29) is 0 Å². The molecule has 0 aromatic carbocycles. The molecular weight excluding hydrogens is 224 g/mol. The van der Waals surface area contributed by atoms with Crippen LogP contribution >= 0.6 is 12.0 Å². The maximum Gasteiger partial charge on any atom is 0.0631 e. The van der Waals surface area contributed by atoms with Crippen LogP contribution in [-0.2, 0) is 9.37 Å². The van der Waals surface area contributed by atoms with Gasteiger partial charge < -0.3 is 0 Å². The van der Waals surface area contributed by atoms with Gasteiger partial charge in [-0.15, -0.1) is 4.33 Å². The van der Waals surface area contributed by atoms with Crippen LogP contribution in [0.25, 0.3) is 0 Å². The van der Waals surface area contributed by atoms with E-state index in [2.05, 4.69) is 16.3 Å². The molecule has 1 N–H and O–H groups in total. The van der Waals surface area contributed by atoms with E-state index in [0.29, 0.717) is 0 Å². The van der Waals surface area contributed by atoms with E-state index in [1.807, 2.05) is 6.08 Å². The summed E-state index contributed by atoms with van der Waals surface area (Å²) < 4.78 is 4.20. The fourth-order valence-corrected chi connectivity index (χ4v) is 1.84. The average Bonchev–Trinajstić information content (AvgIpc) is 2.31. The second-order valence-electron chi connectivity index (χ2n) is 3.87. The van der Waals surface area contributed by atoms with Gasteiger partial charge in [0.05, 0.1) is 12.0 Å². The highest BCUT2D eigenvalue weighted by Gasteiger charge is 1.90. The van der Waals surface area contributed by atoms with Crippen LogP contribution in [0.5, 0.6) is 0 Å². The van der Waals surface area contributed by atoms with Crippen LogP contribution in [0, 0.1) is 0 Å². The maximum absolute atomic E-state index is 7.85. The summed E-state index contributed by atoms with van der Waals surface area (Å²) >= 11 is 0.978. The molecule has 0 aliphatic rings. The van der Waals surface area contributed by atoms with Crippen LogP contribution in [0.2, 0.25) is 0 Å². The molecule has 16 heavy (non-hydrogen) atoms. The van der Waals surface area contributed by atoms with Crippen molar-refractivity contribution in [1.82, 2.24) is 0 Å². The lowest BCUT2D eigenvalue weighted by atomic mass is 10.1. The zero-order chi connectivity index (χ0) is 11.9. The summed E-state index contributed by atoms with van der Waals surface area (Å²) in [5.41, 5.74) is 0. The van der Waals surface area contributed by atoms with Gasteiger partial charge in [0.15, 0.2) is 0 Å². The molecule has 0 saturated heterocycles. The molecule has 0 fully saturated rings. The second-order valence-corrected chi connectivity index (χ2v) is 4.47. The standard InChI is InChI=1S/C12H24O3S/c1-2-3-4-5-6-7-8-9-10-11-12-16-15-14-13/h11-13H,2-10H2,1H3/b12-11+. The van der Waals surface area contributed by atoms with Gasteiger partial charge in [-0.3, -0.25) is 0 Å². The molecule has 0 heterocycles. The van der Waals surface area contributed by atoms with Crippen molar-refractivity contribution in [2.45, 2.75) is 64.7 Å². The smallest absolute Gasteiger partial charge is 0.0631 e. The average molecular weight is 248 g/mol. The lowest BCUT2D eigenvalue weighted by Gasteiger charge is -1.99. The van der Waals surface area contributed by atoms with E-state index in [1.54, 1.807) is 5.41 Å². The zero-order valence-electron chi connectivity index (χ0n) is 10.2. The minimum atomic E-state index is 0.978. The van der Waals surface area contributed by atoms with Crippen molar-refractivity contribution < 1.29 is 14.6 Å². The van der Waals surface area contributed by atoms with Gasteiger partial charge in [0.25, 0.3) is 0 Å². The molecule has 0 aliphatic heterocycles. The summed E-state index contributed by atoms with van der Waals surface area (Å²) in [6.45, 7) is 2.25. The molecule has 0 spiro atoms. The van der Waals surface area contributed by atoms with E-state index in [9.17, 15) is 0 Å². The second kappa shape index (κ2) is 15.0. The predicted molar refractivity (Wildman–Crippen MR) is 68.8 cm³/mol. The molecule has 0 radical (unpaired) electrons. The monoisotopic (exact) mass is 248 g/mol. The number of unbranched alkanes of at least 4 members (excludes halogenated alkanes) is 8. The van der Waals surface area contributed by atoms with Crippen molar-refractivity contribution >= 4 is 12.0 Å². The fraction of sp³-hybridized carbons (Fsp3) is 0.833. The minimum Gasteiger partial charge on any atom is -0.220 e. The van der Waals surface area contributed by atoms with E-state index in [4.69, 9.17) is 5.26 Å². The molecule has 0 amide bonds.